The fourth-order valence-corrected chi connectivity index (χ4v) is 2.76. The number of carbonyl (C=O) groups is 1. The molecule has 0 aromatic carbocycles. The molecule has 1 fully saturated rings. The van der Waals surface area contributed by atoms with Crippen molar-refractivity contribution in [1.82, 2.24) is 9.88 Å². The van der Waals surface area contributed by atoms with Gasteiger partial charge in [-0.05, 0) is 39.3 Å². The highest BCUT2D eigenvalue weighted by molar-refractivity contribution is 5.95. The summed E-state index contributed by atoms with van der Waals surface area (Å²) in [7, 11) is 0. The topological polar surface area (TPSA) is 56.7 Å². The van der Waals surface area contributed by atoms with Crippen LogP contribution in [0.15, 0.2) is 6.07 Å². The lowest BCUT2D eigenvalue weighted by Gasteiger charge is -2.38. The van der Waals surface area contributed by atoms with Gasteiger partial charge in [0, 0.05) is 37.9 Å². The summed E-state index contributed by atoms with van der Waals surface area (Å²) in [5.41, 5.74) is 1.99. The first-order valence-corrected chi connectivity index (χ1v) is 7.10. The molecule has 2 heterocycles. The van der Waals surface area contributed by atoms with Crippen LogP contribution in [0.4, 0.5) is 5.82 Å². The summed E-state index contributed by atoms with van der Waals surface area (Å²) in [5, 5.41) is 9.43. The van der Waals surface area contributed by atoms with E-state index >= 15 is 0 Å². The average Bonchev–Trinajstić information content (AvgIpc) is 2.37. The van der Waals surface area contributed by atoms with Gasteiger partial charge < -0.3 is 10.0 Å². The molecule has 1 aromatic heterocycles. The molecule has 1 aliphatic rings. The average molecular weight is 277 g/mol. The van der Waals surface area contributed by atoms with Crippen molar-refractivity contribution in [3.63, 3.8) is 0 Å². The minimum absolute atomic E-state index is 0.341. The molecule has 5 nitrogen and oxygen atoms in total. The molecule has 1 aromatic rings. The van der Waals surface area contributed by atoms with Crippen LogP contribution in [0.5, 0.6) is 0 Å². The van der Waals surface area contributed by atoms with Gasteiger partial charge in [0.2, 0.25) is 0 Å². The van der Waals surface area contributed by atoms with Crippen LogP contribution in [0.2, 0.25) is 0 Å². The molecule has 5 heteroatoms. The van der Waals surface area contributed by atoms with Crippen LogP contribution in [-0.2, 0) is 0 Å². The molecular formula is C15H23N3O2. The number of aromatic carboxylic acids is 1. The van der Waals surface area contributed by atoms with Crippen molar-refractivity contribution < 1.29 is 9.90 Å². The Morgan fingerprint density at radius 2 is 1.85 bits per heavy atom. The summed E-state index contributed by atoms with van der Waals surface area (Å²) in [6.07, 6.45) is 0. The van der Waals surface area contributed by atoms with E-state index in [2.05, 4.69) is 28.6 Å². The summed E-state index contributed by atoms with van der Waals surface area (Å²) in [6, 6.07) is 2.36. The maximum Gasteiger partial charge on any atom is 0.339 e. The van der Waals surface area contributed by atoms with E-state index in [9.17, 15) is 9.90 Å². The molecule has 20 heavy (non-hydrogen) atoms. The summed E-state index contributed by atoms with van der Waals surface area (Å²) in [4.78, 5) is 20.5. The van der Waals surface area contributed by atoms with Crippen molar-refractivity contribution in [2.75, 3.05) is 31.1 Å². The summed E-state index contributed by atoms with van der Waals surface area (Å²) < 4.78 is 0. The van der Waals surface area contributed by atoms with Crippen molar-refractivity contribution >= 4 is 11.8 Å². The van der Waals surface area contributed by atoms with Gasteiger partial charge in [-0.25, -0.2) is 9.78 Å². The first-order valence-electron chi connectivity index (χ1n) is 7.10. The van der Waals surface area contributed by atoms with E-state index in [0.717, 1.165) is 37.4 Å². The third-order valence-corrected chi connectivity index (χ3v) is 3.88. The Morgan fingerprint density at radius 1 is 1.25 bits per heavy atom. The zero-order valence-electron chi connectivity index (χ0n) is 12.7. The molecule has 0 saturated carbocycles. The Bertz CT molecular complexity index is 506. The Hall–Kier alpha value is -1.62. The van der Waals surface area contributed by atoms with Crippen molar-refractivity contribution in [3.05, 3.63) is 22.9 Å². The van der Waals surface area contributed by atoms with E-state index in [4.69, 9.17) is 0 Å². The number of aryl methyl sites for hydroxylation is 2. The smallest absolute Gasteiger partial charge is 0.339 e. The van der Waals surface area contributed by atoms with E-state index in [0.29, 0.717) is 17.4 Å². The third-order valence-electron chi connectivity index (χ3n) is 3.88. The quantitative estimate of drug-likeness (QED) is 0.915. The highest BCUT2D eigenvalue weighted by Crippen LogP contribution is 2.24. The van der Waals surface area contributed by atoms with Gasteiger partial charge in [-0.2, -0.15) is 0 Å². The summed E-state index contributed by atoms with van der Waals surface area (Å²) in [5.74, 6) is -0.269. The van der Waals surface area contributed by atoms with Crippen LogP contribution >= 0.6 is 0 Å². The van der Waals surface area contributed by atoms with Gasteiger partial charge in [0.05, 0.1) is 0 Å². The molecule has 1 saturated heterocycles. The normalized spacial score (nSPS) is 16.8. The van der Waals surface area contributed by atoms with E-state index in [1.807, 2.05) is 19.9 Å². The number of carboxylic acids is 1. The highest BCUT2D eigenvalue weighted by atomic mass is 16.4. The number of aromatic nitrogens is 1. The fourth-order valence-electron chi connectivity index (χ4n) is 2.76. The minimum atomic E-state index is -0.892. The monoisotopic (exact) mass is 277 g/mol. The Kier molecular flexibility index (Phi) is 4.28. The molecule has 1 aliphatic heterocycles. The summed E-state index contributed by atoms with van der Waals surface area (Å²) >= 11 is 0. The van der Waals surface area contributed by atoms with Gasteiger partial charge in [0.15, 0.2) is 0 Å². The lowest BCUT2D eigenvalue weighted by molar-refractivity contribution is 0.0696. The van der Waals surface area contributed by atoms with E-state index < -0.39 is 5.97 Å². The van der Waals surface area contributed by atoms with Gasteiger partial charge in [-0.15, -0.1) is 0 Å². The zero-order valence-corrected chi connectivity index (χ0v) is 12.7. The van der Waals surface area contributed by atoms with Crippen LogP contribution in [0.3, 0.4) is 0 Å². The predicted molar refractivity (Wildman–Crippen MR) is 79.6 cm³/mol. The second kappa shape index (κ2) is 5.79. The van der Waals surface area contributed by atoms with Gasteiger partial charge >= 0.3 is 5.97 Å². The number of carboxylic acid groups (broad SMARTS) is 1. The number of hydrogen-bond donors (Lipinski definition) is 1. The molecule has 0 unspecified atom stereocenters. The van der Waals surface area contributed by atoms with Gasteiger partial charge in [0.1, 0.15) is 11.4 Å². The molecule has 0 spiro atoms. The zero-order chi connectivity index (χ0) is 14.9. The van der Waals surface area contributed by atoms with E-state index in [1.54, 1.807) is 0 Å². The van der Waals surface area contributed by atoms with Crippen LogP contribution in [0.1, 0.15) is 35.5 Å². The van der Waals surface area contributed by atoms with E-state index in [-0.39, 0.29) is 0 Å². The molecule has 0 atom stereocenters. The second-order valence-corrected chi connectivity index (χ2v) is 5.70. The Labute approximate surface area is 120 Å². The number of nitrogens with zero attached hydrogens (tertiary/aromatic N) is 3. The first-order chi connectivity index (χ1) is 9.40. The van der Waals surface area contributed by atoms with Gasteiger partial charge in [0.25, 0.3) is 0 Å². The van der Waals surface area contributed by atoms with Crippen molar-refractivity contribution in [3.8, 4) is 0 Å². The Morgan fingerprint density at radius 3 is 2.35 bits per heavy atom. The molecule has 0 amide bonds. The molecule has 0 bridgehead atoms. The molecule has 1 N–H and O–H groups in total. The van der Waals surface area contributed by atoms with Gasteiger partial charge in [-0.3, -0.25) is 4.90 Å². The van der Waals surface area contributed by atoms with Crippen molar-refractivity contribution in [1.29, 1.82) is 0 Å². The van der Waals surface area contributed by atoms with Crippen LogP contribution < -0.4 is 4.90 Å². The molecular weight excluding hydrogens is 254 g/mol. The number of pyridine rings is 1. The lowest BCUT2D eigenvalue weighted by Crippen LogP contribution is -2.49. The van der Waals surface area contributed by atoms with Crippen LogP contribution in [-0.4, -0.2) is 53.2 Å². The van der Waals surface area contributed by atoms with Gasteiger partial charge in [-0.1, -0.05) is 0 Å². The molecule has 0 aliphatic carbocycles. The first kappa shape index (κ1) is 14.8. The maximum absolute atomic E-state index is 11.5. The predicted octanol–water partition coefficient (Wildman–Crippen LogP) is 1.93. The summed E-state index contributed by atoms with van der Waals surface area (Å²) in [6.45, 7) is 11.7. The number of rotatable bonds is 3. The molecule has 2 rings (SSSR count). The van der Waals surface area contributed by atoms with Crippen molar-refractivity contribution in [2.24, 2.45) is 0 Å². The van der Waals surface area contributed by atoms with Crippen LogP contribution in [0, 0.1) is 13.8 Å². The highest BCUT2D eigenvalue weighted by Gasteiger charge is 2.25. The van der Waals surface area contributed by atoms with E-state index in [1.165, 1.54) is 0 Å². The fraction of sp³-hybridized carbons (Fsp3) is 0.600. The Balaban J connectivity index is 2.27. The largest absolute Gasteiger partial charge is 0.478 e. The second-order valence-electron chi connectivity index (χ2n) is 5.70. The third kappa shape index (κ3) is 2.93. The molecule has 0 radical (unpaired) electrons. The van der Waals surface area contributed by atoms with Crippen molar-refractivity contribution in [2.45, 2.75) is 33.7 Å². The minimum Gasteiger partial charge on any atom is -0.478 e. The lowest BCUT2D eigenvalue weighted by atomic mass is 10.1. The SMILES string of the molecule is Cc1cc(C)c(C(=O)O)c(N2CCN(C(C)C)CC2)n1. The maximum atomic E-state index is 11.5. The number of piperazine rings is 1. The number of hydrogen-bond acceptors (Lipinski definition) is 4. The standard InChI is InChI=1S/C15H23N3O2/c1-10(2)17-5-7-18(8-6-17)14-13(15(19)20)11(3)9-12(4)16-14/h9-10H,5-8H2,1-4H3,(H,19,20). The molecule has 110 valence electrons. The van der Waals surface area contributed by atoms with Crippen LogP contribution in [0.25, 0.3) is 0 Å². The number of anilines is 1.